The summed E-state index contributed by atoms with van der Waals surface area (Å²) in [7, 11) is 2.12. The first-order valence-corrected chi connectivity index (χ1v) is 8.98. The van der Waals surface area contributed by atoms with E-state index >= 15 is 0 Å². The van der Waals surface area contributed by atoms with Crippen molar-refractivity contribution in [3.8, 4) is 0 Å². The van der Waals surface area contributed by atoms with Crippen molar-refractivity contribution < 1.29 is 0 Å². The summed E-state index contributed by atoms with van der Waals surface area (Å²) in [6.45, 7) is 7.74. The lowest BCUT2D eigenvalue weighted by Gasteiger charge is -2.18. The highest BCUT2D eigenvalue weighted by atomic mass is 32.2. The Kier molecular flexibility index (Phi) is 6.12. The van der Waals surface area contributed by atoms with Crippen molar-refractivity contribution >= 4 is 22.8 Å². The molecule has 0 saturated carbocycles. The predicted octanol–water partition coefficient (Wildman–Crippen LogP) is 3.48. The van der Waals surface area contributed by atoms with Crippen LogP contribution in [0.3, 0.4) is 0 Å². The number of hydrogen-bond donors (Lipinski definition) is 1. The van der Waals surface area contributed by atoms with Crippen molar-refractivity contribution in [2.75, 3.05) is 18.1 Å². The zero-order valence-electron chi connectivity index (χ0n) is 13.6. The maximum atomic E-state index is 4.79. The van der Waals surface area contributed by atoms with Crippen LogP contribution < -0.4 is 5.32 Å². The third-order valence-electron chi connectivity index (χ3n) is 3.57. The van der Waals surface area contributed by atoms with E-state index in [4.69, 9.17) is 4.98 Å². The molecular formula is C17H27N3S. The molecule has 1 N–H and O–H groups in total. The Labute approximate surface area is 132 Å². The van der Waals surface area contributed by atoms with Crippen LogP contribution in [0.1, 0.15) is 26.6 Å². The van der Waals surface area contributed by atoms with E-state index in [0.29, 0.717) is 6.04 Å². The molecule has 3 nitrogen and oxygen atoms in total. The fourth-order valence-corrected chi connectivity index (χ4v) is 3.65. The zero-order chi connectivity index (χ0) is 15.2. The standard InChI is InChI=1S/C17H27N3S/c1-5-18-14(12-21-11-13(2)3)10-17-19-15-8-6-7-9-16(15)20(17)4/h6-9,13-14,18H,5,10-12H2,1-4H3. The summed E-state index contributed by atoms with van der Waals surface area (Å²) >= 11 is 2.04. The van der Waals surface area contributed by atoms with E-state index in [1.807, 2.05) is 11.8 Å². The molecular weight excluding hydrogens is 278 g/mol. The highest BCUT2D eigenvalue weighted by molar-refractivity contribution is 7.99. The number of fused-ring (bicyclic) bond motifs is 1. The highest BCUT2D eigenvalue weighted by Crippen LogP contribution is 2.17. The number of nitrogens with zero attached hydrogens (tertiary/aromatic N) is 2. The third kappa shape index (κ3) is 4.48. The summed E-state index contributed by atoms with van der Waals surface area (Å²) < 4.78 is 2.23. The molecule has 1 unspecified atom stereocenters. The molecule has 0 aliphatic carbocycles. The molecule has 0 fully saturated rings. The molecule has 1 aromatic heterocycles. The van der Waals surface area contributed by atoms with Crippen molar-refractivity contribution in [2.45, 2.75) is 33.2 Å². The minimum atomic E-state index is 0.495. The van der Waals surface area contributed by atoms with E-state index < -0.39 is 0 Å². The largest absolute Gasteiger partial charge is 0.331 e. The number of nitrogens with one attached hydrogen (secondary N) is 1. The SMILES string of the molecule is CCNC(CSCC(C)C)Cc1nc2ccccc2n1C. The monoisotopic (exact) mass is 305 g/mol. The molecule has 0 aliphatic rings. The first-order valence-electron chi connectivity index (χ1n) is 7.83. The molecule has 1 heterocycles. The van der Waals surface area contributed by atoms with E-state index in [9.17, 15) is 0 Å². The number of likely N-dealkylation sites (N-methyl/N-ethyl adjacent to an activating group) is 1. The molecule has 1 atom stereocenters. The van der Waals surface area contributed by atoms with Crippen LogP contribution in [0.4, 0.5) is 0 Å². The van der Waals surface area contributed by atoms with Gasteiger partial charge in [0.2, 0.25) is 0 Å². The minimum absolute atomic E-state index is 0.495. The number of rotatable bonds is 8. The number of aromatic nitrogens is 2. The van der Waals surface area contributed by atoms with Gasteiger partial charge in [0.15, 0.2) is 0 Å². The quantitative estimate of drug-likeness (QED) is 0.810. The lowest BCUT2D eigenvalue weighted by atomic mass is 10.2. The maximum absolute atomic E-state index is 4.79. The Hall–Kier alpha value is -1.00. The first-order chi connectivity index (χ1) is 10.1. The van der Waals surface area contributed by atoms with Crippen LogP contribution >= 0.6 is 11.8 Å². The van der Waals surface area contributed by atoms with Gasteiger partial charge in [0.05, 0.1) is 11.0 Å². The second-order valence-corrected chi connectivity index (χ2v) is 7.04. The van der Waals surface area contributed by atoms with Gasteiger partial charge in [-0.3, -0.25) is 0 Å². The maximum Gasteiger partial charge on any atom is 0.111 e. The Morgan fingerprint density at radius 1 is 1.24 bits per heavy atom. The summed E-state index contributed by atoms with van der Waals surface area (Å²) in [5.41, 5.74) is 2.32. The molecule has 0 spiro atoms. The van der Waals surface area contributed by atoms with Gasteiger partial charge in [-0.05, 0) is 30.3 Å². The predicted molar refractivity (Wildman–Crippen MR) is 94.0 cm³/mol. The van der Waals surface area contributed by atoms with Crippen LogP contribution in [0, 0.1) is 5.92 Å². The molecule has 2 aromatic rings. The average Bonchev–Trinajstić information content (AvgIpc) is 2.76. The van der Waals surface area contributed by atoms with Crippen molar-refractivity contribution in [2.24, 2.45) is 13.0 Å². The van der Waals surface area contributed by atoms with E-state index in [0.717, 1.165) is 30.2 Å². The molecule has 1 aromatic carbocycles. The van der Waals surface area contributed by atoms with Gasteiger partial charge >= 0.3 is 0 Å². The van der Waals surface area contributed by atoms with Crippen LogP contribution in [0.2, 0.25) is 0 Å². The van der Waals surface area contributed by atoms with Crippen LogP contribution in [-0.4, -0.2) is 33.6 Å². The topological polar surface area (TPSA) is 29.9 Å². The van der Waals surface area contributed by atoms with Crippen molar-refractivity contribution in [1.82, 2.24) is 14.9 Å². The lowest BCUT2D eigenvalue weighted by molar-refractivity contribution is 0.551. The average molecular weight is 305 g/mol. The smallest absolute Gasteiger partial charge is 0.111 e. The fourth-order valence-electron chi connectivity index (χ4n) is 2.52. The first kappa shape index (κ1) is 16.4. The second kappa shape index (κ2) is 7.85. The van der Waals surface area contributed by atoms with Gasteiger partial charge in [0.25, 0.3) is 0 Å². The van der Waals surface area contributed by atoms with Crippen LogP contribution in [0.15, 0.2) is 24.3 Å². The molecule has 0 saturated heterocycles. The van der Waals surface area contributed by atoms with Gasteiger partial charge in [-0.15, -0.1) is 0 Å². The minimum Gasteiger partial charge on any atom is -0.331 e. The molecule has 0 amide bonds. The molecule has 2 rings (SSSR count). The van der Waals surface area contributed by atoms with E-state index in [-0.39, 0.29) is 0 Å². The number of benzene rings is 1. The summed E-state index contributed by atoms with van der Waals surface area (Å²) in [6.07, 6.45) is 0.990. The summed E-state index contributed by atoms with van der Waals surface area (Å²) in [5.74, 6) is 4.31. The van der Waals surface area contributed by atoms with E-state index in [1.165, 1.54) is 17.1 Å². The third-order valence-corrected chi connectivity index (χ3v) is 5.11. The molecule has 21 heavy (non-hydrogen) atoms. The normalized spacial score (nSPS) is 13.2. The number of para-hydroxylation sites is 2. The second-order valence-electron chi connectivity index (χ2n) is 5.97. The molecule has 0 radical (unpaired) electrons. The van der Waals surface area contributed by atoms with Crippen molar-refractivity contribution in [3.63, 3.8) is 0 Å². The zero-order valence-corrected chi connectivity index (χ0v) is 14.4. The fraction of sp³-hybridized carbons (Fsp3) is 0.588. The molecule has 0 aliphatic heterocycles. The summed E-state index contributed by atoms with van der Waals surface area (Å²) in [4.78, 5) is 4.79. The van der Waals surface area contributed by atoms with Crippen molar-refractivity contribution in [3.05, 3.63) is 30.1 Å². The van der Waals surface area contributed by atoms with Crippen molar-refractivity contribution in [1.29, 1.82) is 0 Å². The van der Waals surface area contributed by atoms with Crippen LogP contribution in [-0.2, 0) is 13.5 Å². The van der Waals surface area contributed by atoms with E-state index in [1.54, 1.807) is 0 Å². The molecule has 4 heteroatoms. The lowest BCUT2D eigenvalue weighted by Crippen LogP contribution is -2.34. The van der Waals surface area contributed by atoms with Gasteiger partial charge < -0.3 is 9.88 Å². The number of thioether (sulfide) groups is 1. The summed E-state index contributed by atoms with van der Waals surface area (Å²) in [5, 5.41) is 3.60. The molecule has 0 bridgehead atoms. The Balaban J connectivity index is 2.05. The summed E-state index contributed by atoms with van der Waals surface area (Å²) in [6, 6.07) is 8.86. The molecule has 116 valence electrons. The Morgan fingerprint density at radius 2 is 2.00 bits per heavy atom. The number of hydrogen-bond acceptors (Lipinski definition) is 3. The van der Waals surface area contributed by atoms with E-state index in [2.05, 4.69) is 62.0 Å². The Morgan fingerprint density at radius 3 is 2.67 bits per heavy atom. The van der Waals surface area contributed by atoms with Gasteiger partial charge in [-0.25, -0.2) is 4.98 Å². The van der Waals surface area contributed by atoms with Gasteiger partial charge in [0.1, 0.15) is 5.82 Å². The van der Waals surface area contributed by atoms with Gasteiger partial charge in [-0.1, -0.05) is 32.9 Å². The number of aryl methyl sites for hydroxylation is 1. The number of imidazole rings is 1. The van der Waals surface area contributed by atoms with Gasteiger partial charge in [0, 0.05) is 25.3 Å². The Bertz CT molecular complexity index is 562. The highest BCUT2D eigenvalue weighted by Gasteiger charge is 2.14. The van der Waals surface area contributed by atoms with Gasteiger partial charge in [-0.2, -0.15) is 11.8 Å². The van der Waals surface area contributed by atoms with Crippen LogP contribution in [0.5, 0.6) is 0 Å². The van der Waals surface area contributed by atoms with Crippen LogP contribution in [0.25, 0.3) is 11.0 Å².